The lowest BCUT2D eigenvalue weighted by molar-refractivity contribution is 0.155. The van der Waals surface area contributed by atoms with Crippen LogP contribution in [-0.4, -0.2) is 14.7 Å². The zero-order valence-corrected chi connectivity index (χ0v) is 10.9. The molecule has 3 aromatic rings. The highest BCUT2D eigenvalue weighted by molar-refractivity contribution is 7.17. The summed E-state index contributed by atoms with van der Waals surface area (Å²) in [7, 11) is 0. The third-order valence-electron chi connectivity index (χ3n) is 2.99. The Kier molecular flexibility index (Phi) is 3.15. The average molecular weight is 272 g/mol. The van der Waals surface area contributed by atoms with Gasteiger partial charge in [0.2, 0.25) is 0 Å². The van der Waals surface area contributed by atoms with Crippen LogP contribution in [0.2, 0.25) is 0 Å². The van der Waals surface area contributed by atoms with Gasteiger partial charge < -0.3 is 5.11 Å². The summed E-state index contributed by atoms with van der Waals surface area (Å²) in [6.07, 6.45) is 0.780. The highest BCUT2D eigenvalue weighted by atomic mass is 32.1. The molecule has 1 atom stereocenters. The summed E-state index contributed by atoms with van der Waals surface area (Å²) < 4.78 is 2.08. The minimum atomic E-state index is -0.710. The van der Waals surface area contributed by atoms with Crippen molar-refractivity contribution in [2.45, 2.75) is 12.6 Å². The Labute approximate surface area is 113 Å². The number of aromatic nitrogens is 2. The van der Waals surface area contributed by atoms with E-state index in [0.717, 1.165) is 5.56 Å². The van der Waals surface area contributed by atoms with E-state index in [1.165, 1.54) is 22.2 Å². The molecular formula is C14H12N2O2S. The van der Waals surface area contributed by atoms with Gasteiger partial charge in [-0.25, -0.2) is 4.98 Å². The SMILES string of the molecule is O=c1c2sccc2ncn1C[C@@H](O)c1ccccc1. The van der Waals surface area contributed by atoms with E-state index in [0.29, 0.717) is 10.2 Å². The lowest BCUT2D eigenvalue weighted by Gasteiger charge is -2.12. The molecule has 0 unspecified atom stereocenters. The zero-order valence-electron chi connectivity index (χ0n) is 10.1. The number of benzene rings is 1. The fourth-order valence-corrected chi connectivity index (χ4v) is 2.77. The largest absolute Gasteiger partial charge is 0.387 e. The van der Waals surface area contributed by atoms with Gasteiger partial charge in [-0.05, 0) is 17.0 Å². The summed E-state index contributed by atoms with van der Waals surface area (Å²) in [5, 5.41) is 12.0. The van der Waals surface area contributed by atoms with Crippen LogP contribution in [0, 0.1) is 0 Å². The van der Waals surface area contributed by atoms with Crippen molar-refractivity contribution in [3.05, 3.63) is 64.0 Å². The first-order valence-electron chi connectivity index (χ1n) is 5.91. The Bertz CT molecular complexity index is 749. The molecule has 0 saturated carbocycles. The molecule has 0 spiro atoms. The minimum absolute atomic E-state index is 0.102. The number of hydrogen-bond donors (Lipinski definition) is 1. The maximum absolute atomic E-state index is 12.2. The second-order valence-electron chi connectivity index (χ2n) is 4.26. The third-order valence-corrected chi connectivity index (χ3v) is 3.88. The Hall–Kier alpha value is -1.98. The molecule has 0 aliphatic rings. The predicted molar refractivity (Wildman–Crippen MR) is 75.3 cm³/mol. The van der Waals surface area contributed by atoms with Crippen LogP contribution in [0.25, 0.3) is 10.2 Å². The molecule has 0 radical (unpaired) electrons. The molecule has 4 nitrogen and oxygen atoms in total. The zero-order chi connectivity index (χ0) is 13.2. The molecule has 3 rings (SSSR count). The van der Waals surface area contributed by atoms with Crippen LogP contribution in [0.4, 0.5) is 0 Å². The van der Waals surface area contributed by atoms with Gasteiger partial charge >= 0.3 is 0 Å². The number of fused-ring (bicyclic) bond motifs is 1. The molecule has 2 heterocycles. The van der Waals surface area contributed by atoms with Crippen LogP contribution in [0.1, 0.15) is 11.7 Å². The highest BCUT2D eigenvalue weighted by Crippen LogP contribution is 2.16. The molecule has 19 heavy (non-hydrogen) atoms. The van der Waals surface area contributed by atoms with Crippen molar-refractivity contribution in [1.82, 2.24) is 9.55 Å². The number of hydrogen-bond acceptors (Lipinski definition) is 4. The van der Waals surface area contributed by atoms with Crippen LogP contribution in [0.5, 0.6) is 0 Å². The molecule has 0 saturated heterocycles. The molecular weight excluding hydrogens is 260 g/mol. The van der Waals surface area contributed by atoms with E-state index in [-0.39, 0.29) is 12.1 Å². The van der Waals surface area contributed by atoms with Crippen molar-refractivity contribution < 1.29 is 5.11 Å². The van der Waals surface area contributed by atoms with Crippen molar-refractivity contribution in [3.8, 4) is 0 Å². The molecule has 5 heteroatoms. The van der Waals surface area contributed by atoms with Gasteiger partial charge in [0.1, 0.15) is 4.70 Å². The van der Waals surface area contributed by atoms with Gasteiger partial charge in [-0.15, -0.1) is 11.3 Å². The van der Waals surface area contributed by atoms with Crippen molar-refractivity contribution in [3.63, 3.8) is 0 Å². The summed E-state index contributed by atoms with van der Waals surface area (Å²) in [4.78, 5) is 16.4. The second kappa shape index (κ2) is 4.95. The fraction of sp³-hybridized carbons (Fsp3) is 0.143. The Morgan fingerprint density at radius 1 is 1.26 bits per heavy atom. The summed E-state index contributed by atoms with van der Waals surface area (Å²) in [5.74, 6) is 0. The monoisotopic (exact) mass is 272 g/mol. The first-order chi connectivity index (χ1) is 9.25. The van der Waals surface area contributed by atoms with E-state index >= 15 is 0 Å². The smallest absolute Gasteiger partial charge is 0.271 e. The summed E-state index contributed by atoms with van der Waals surface area (Å²) in [5.41, 5.74) is 1.40. The third kappa shape index (κ3) is 2.30. The molecule has 0 aliphatic heterocycles. The number of thiophene rings is 1. The number of aliphatic hydroxyl groups is 1. The maximum Gasteiger partial charge on any atom is 0.271 e. The lowest BCUT2D eigenvalue weighted by Crippen LogP contribution is -2.23. The predicted octanol–water partition coefficient (Wildman–Crippen LogP) is 2.19. The van der Waals surface area contributed by atoms with Crippen molar-refractivity contribution >= 4 is 21.6 Å². The van der Waals surface area contributed by atoms with E-state index in [1.807, 2.05) is 41.8 Å². The Morgan fingerprint density at radius 2 is 2.05 bits per heavy atom. The van der Waals surface area contributed by atoms with Gasteiger partial charge in [-0.3, -0.25) is 9.36 Å². The van der Waals surface area contributed by atoms with Crippen LogP contribution >= 0.6 is 11.3 Å². The van der Waals surface area contributed by atoms with Gasteiger partial charge in [0.25, 0.3) is 5.56 Å². The molecule has 0 aliphatic carbocycles. The fourth-order valence-electron chi connectivity index (χ4n) is 1.98. The summed E-state index contributed by atoms with van der Waals surface area (Å²) in [6.45, 7) is 0.212. The van der Waals surface area contributed by atoms with Gasteiger partial charge in [-0.2, -0.15) is 0 Å². The first kappa shape index (κ1) is 12.1. The van der Waals surface area contributed by atoms with E-state index in [9.17, 15) is 9.90 Å². The number of aliphatic hydroxyl groups excluding tert-OH is 1. The first-order valence-corrected chi connectivity index (χ1v) is 6.79. The van der Waals surface area contributed by atoms with E-state index in [1.54, 1.807) is 0 Å². The molecule has 0 amide bonds. The van der Waals surface area contributed by atoms with Crippen molar-refractivity contribution in [2.75, 3.05) is 0 Å². The van der Waals surface area contributed by atoms with Crippen molar-refractivity contribution in [2.24, 2.45) is 0 Å². The van der Waals surface area contributed by atoms with Crippen LogP contribution < -0.4 is 5.56 Å². The van der Waals surface area contributed by atoms with Gasteiger partial charge in [0.15, 0.2) is 0 Å². The highest BCUT2D eigenvalue weighted by Gasteiger charge is 2.11. The van der Waals surface area contributed by atoms with Crippen LogP contribution in [0.15, 0.2) is 52.9 Å². The molecule has 1 aromatic carbocycles. The van der Waals surface area contributed by atoms with Gasteiger partial charge in [-0.1, -0.05) is 30.3 Å². The van der Waals surface area contributed by atoms with Gasteiger partial charge in [0, 0.05) is 0 Å². The average Bonchev–Trinajstić information content (AvgIpc) is 2.92. The summed E-state index contributed by atoms with van der Waals surface area (Å²) >= 11 is 1.37. The molecule has 1 N–H and O–H groups in total. The molecule has 0 fully saturated rings. The quantitative estimate of drug-likeness (QED) is 0.795. The van der Waals surface area contributed by atoms with Crippen LogP contribution in [0.3, 0.4) is 0 Å². The Morgan fingerprint density at radius 3 is 2.84 bits per heavy atom. The molecule has 0 bridgehead atoms. The van der Waals surface area contributed by atoms with Crippen LogP contribution in [-0.2, 0) is 6.54 Å². The topological polar surface area (TPSA) is 55.1 Å². The Balaban J connectivity index is 1.93. The van der Waals surface area contributed by atoms with E-state index in [2.05, 4.69) is 4.98 Å². The summed E-state index contributed by atoms with van der Waals surface area (Å²) in [6, 6.07) is 11.1. The number of rotatable bonds is 3. The van der Waals surface area contributed by atoms with Crippen molar-refractivity contribution in [1.29, 1.82) is 0 Å². The molecule has 2 aromatic heterocycles. The lowest BCUT2D eigenvalue weighted by atomic mass is 10.1. The number of nitrogens with zero attached hydrogens (tertiary/aromatic N) is 2. The second-order valence-corrected chi connectivity index (χ2v) is 5.18. The molecule has 96 valence electrons. The minimum Gasteiger partial charge on any atom is -0.387 e. The van der Waals surface area contributed by atoms with Gasteiger partial charge in [0.05, 0.1) is 24.5 Å². The van der Waals surface area contributed by atoms with E-state index < -0.39 is 6.10 Å². The standard InChI is InChI=1S/C14H12N2O2S/c17-12(10-4-2-1-3-5-10)8-16-9-15-11-6-7-19-13(11)14(16)18/h1-7,9,12,17H,8H2/t12-/m1/s1. The maximum atomic E-state index is 12.2. The van der Waals surface area contributed by atoms with E-state index in [4.69, 9.17) is 0 Å². The normalized spacial score (nSPS) is 12.7.